The second-order valence-electron chi connectivity index (χ2n) is 7.35. The predicted molar refractivity (Wildman–Crippen MR) is 128 cm³/mol. The SMILES string of the molecule is CS(=O)(=O)c1ccc(-c2nc(S(=O)(=O)Cc3cccc(Cl)c3)sc2-c2ccc(F)cc2)cc1. The molecule has 0 saturated heterocycles. The van der Waals surface area contributed by atoms with Gasteiger partial charge >= 0.3 is 0 Å². The summed E-state index contributed by atoms with van der Waals surface area (Å²) in [7, 11) is -7.20. The maximum atomic E-state index is 13.5. The standard InChI is InChI=1S/C23H17ClFNO4S3/c1-32(27,28)20-11-7-16(8-12-20)21-22(17-5-9-19(25)10-6-17)31-23(26-21)33(29,30)14-15-3-2-4-18(24)13-15/h2-13H,14H2,1H3. The van der Waals surface area contributed by atoms with Crippen LogP contribution in [0, 0.1) is 5.82 Å². The second-order valence-corrected chi connectivity index (χ2v) is 13.0. The topological polar surface area (TPSA) is 81.2 Å². The van der Waals surface area contributed by atoms with E-state index in [-0.39, 0.29) is 15.0 Å². The van der Waals surface area contributed by atoms with Gasteiger partial charge < -0.3 is 0 Å². The lowest BCUT2D eigenvalue weighted by Gasteiger charge is -2.04. The van der Waals surface area contributed by atoms with E-state index in [1.54, 1.807) is 48.5 Å². The minimum atomic E-state index is -3.81. The fourth-order valence-electron chi connectivity index (χ4n) is 3.19. The lowest BCUT2D eigenvalue weighted by atomic mass is 10.1. The molecule has 0 N–H and O–H groups in total. The molecule has 0 atom stereocenters. The molecule has 0 bridgehead atoms. The Labute approximate surface area is 200 Å². The van der Waals surface area contributed by atoms with Crippen LogP contribution in [-0.4, -0.2) is 28.1 Å². The molecule has 0 aliphatic carbocycles. The zero-order valence-corrected chi connectivity index (χ0v) is 20.4. The summed E-state index contributed by atoms with van der Waals surface area (Å²) in [4.78, 5) is 5.09. The highest BCUT2D eigenvalue weighted by Gasteiger charge is 2.25. The van der Waals surface area contributed by atoms with Crippen molar-refractivity contribution in [2.45, 2.75) is 15.0 Å². The van der Waals surface area contributed by atoms with E-state index in [1.165, 1.54) is 24.3 Å². The molecule has 4 rings (SSSR count). The van der Waals surface area contributed by atoms with Gasteiger partial charge in [0.1, 0.15) is 5.82 Å². The normalized spacial score (nSPS) is 12.1. The van der Waals surface area contributed by atoms with Crippen molar-refractivity contribution in [2.75, 3.05) is 6.26 Å². The monoisotopic (exact) mass is 521 g/mol. The number of hydrogen-bond acceptors (Lipinski definition) is 6. The molecule has 0 radical (unpaired) electrons. The largest absolute Gasteiger partial charge is 0.224 e. The summed E-state index contributed by atoms with van der Waals surface area (Å²) in [6, 6.07) is 18.3. The Morgan fingerprint density at radius 1 is 0.909 bits per heavy atom. The first-order valence-corrected chi connectivity index (χ1v) is 14.3. The van der Waals surface area contributed by atoms with Crippen LogP contribution in [0.25, 0.3) is 21.7 Å². The Bertz CT molecular complexity index is 1530. The maximum Gasteiger partial charge on any atom is 0.210 e. The van der Waals surface area contributed by atoms with E-state index in [1.807, 2.05) is 0 Å². The van der Waals surface area contributed by atoms with Crippen molar-refractivity contribution in [3.8, 4) is 21.7 Å². The van der Waals surface area contributed by atoms with Crippen molar-refractivity contribution in [2.24, 2.45) is 0 Å². The van der Waals surface area contributed by atoms with E-state index < -0.39 is 25.5 Å². The lowest BCUT2D eigenvalue weighted by molar-refractivity contribution is 0.594. The van der Waals surface area contributed by atoms with Crippen molar-refractivity contribution < 1.29 is 21.2 Å². The van der Waals surface area contributed by atoms with Crippen molar-refractivity contribution in [1.29, 1.82) is 0 Å². The number of hydrogen-bond donors (Lipinski definition) is 0. The molecule has 4 aromatic rings. The number of nitrogens with zero attached hydrogens (tertiary/aromatic N) is 1. The molecule has 0 amide bonds. The van der Waals surface area contributed by atoms with Gasteiger partial charge in [0, 0.05) is 16.8 Å². The molecule has 5 nitrogen and oxygen atoms in total. The summed E-state index contributed by atoms with van der Waals surface area (Å²) in [5, 5.41) is 0.431. The number of aromatic nitrogens is 1. The van der Waals surface area contributed by atoms with Crippen LogP contribution in [0.5, 0.6) is 0 Å². The minimum Gasteiger partial charge on any atom is -0.224 e. The molecular weight excluding hydrogens is 505 g/mol. The van der Waals surface area contributed by atoms with Crippen LogP contribution >= 0.6 is 22.9 Å². The highest BCUT2D eigenvalue weighted by molar-refractivity contribution is 7.92. The Kier molecular flexibility index (Phi) is 6.41. The first kappa shape index (κ1) is 23.6. The van der Waals surface area contributed by atoms with E-state index in [0.717, 1.165) is 17.6 Å². The van der Waals surface area contributed by atoms with Crippen LogP contribution < -0.4 is 0 Å². The third-order valence-corrected chi connectivity index (χ3v) is 9.39. The quantitative estimate of drug-likeness (QED) is 0.327. The zero-order chi connectivity index (χ0) is 23.8. The van der Waals surface area contributed by atoms with Crippen molar-refractivity contribution in [3.63, 3.8) is 0 Å². The number of rotatable bonds is 6. The summed E-state index contributed by atoms with van der Waals surface area (Å²) in [6.07, 6.45) is 1.11. The molecule has 0 spiro atoms. The van der Waals surface area contributed by atoms with E-state index in [2.05, 4.69) is 4.98 Å². The van der Waals surface area contributed by atoms with E-state index in [0.29, 0.717) is 32.3 Å². The minimum absolute atomic E-state index is 0.0935. The van der Waals surface area contributed by atoms with Crippen molar-refractivity contribution in [1.82, 2.24) is 4.98 Å². The highest BCUT2D eigenvalue weighted by Crippen LogP contribution is 2.39. The van der Waals surface area contributed by atoms with Gasteiger partial charge in [-0.2, -0.15) is 0 Å². The van der Waals surface area contributed by atoms with Crippen LogP contribution in [-0.2, 0) is 25.4 Å². The molecule has 10 heteroatoms. The molecule has 0 unspecified atom stereocenters. The summed E-state index contributed by atoms with van der Waals surface area (Å²) in [6.45, 7) is 0. The summed E-state index contributed by atoms with van der Waals surface area (Å²) in [5.74, 6) is -0.702. The molecule has 170 valence electrons. The number of benzene rings is 3. The van der Waals surface area contributed by atoms with Crippen molar-refractivity contribution >= 4 is 42.6 Å². The Balaban J connectivity index is 1.82. The van der Waals surface area contributed by atoms with Crippen LogP contribution in [0.1, 0.15) is 5.56 Å². The van der Waals surface area contributed by atoms with Gasteiger partial charge in [-0.3, -0.25) is 0 Å². The number of halogens is 2. The van der Waals surface area contributed by atoms with Gasteiger partial charge in [0.2, 0.25) is 14.2 Å². The molecule has 0 fully saturated rings. The first-order valence-electron chi connectivity index (χ1n) is 9.57. The van der Waals surface area contributed by atoms with Crippen molar-refractivity contribution in [3.05, 3.63) is 89.2 Å². The molecule has 33 heavy (non-hydrogen) atoms. The van der Waals surface area contributed by atoms with Gasteiger partial charge in [-0.15, -0.1) is 11.3 Å². The second kappa shape index (κ2) is 8.98. The zero-order valence-electron chi connectivity index (χ0n) is 17.2. The average molecular weight is 522 g/mol. The molecule has 0 aliphatic heterocycles. The third-order valence-electron chi connectivity index (χ3n) is 4.78. The van der Waals surface area contributed by atoms with Gasteiger partial charge in [0.25, 0.3) is 0 Å². The molecule has 3 aromatic carbocycles. The molecule has 1 aromatic heterocycles. The van der Waals surface area contributed by atoms with Gasteiger partial charge in [0.15, 0.2) is 9.84 Å². The van der Waals surface area contributed by atoms with Crippen LogP contribution in [0.3, 0.4) is 0 Å². The molecular formula is C23H17ClFNO4S3. The summed E-state index contributed by atoms with van der Waals surface area (Å²) < 4.78 is 63.3. The maximum absolute atomic E-state index is 13.5. The fourth-order valence-corrected chi connectivity index (χ4v) is 6.77. The summed E-state index contributed by atoms with van der Waals surface area (Å²) in [5.41, 5.74) is 2.04. The lowest BCUT2D eigenvalue weighted by Crippen LogP contribution is -2.04. The van der Waals surface area contributed by atoms with Crippen LogP contribution in [0.2, 0.25) is 5.02 Å². The smallest absolute Gasteiger partial charge is 0.210 e. The third kappa shape index (κ3) is 5.33. The Morgan fingerprint density at radius 2 is 1.55 bits per heavy atom. The Morgan fingerprint density at radius 3 is 2.15 bits per heavy atom. The van der Waals surface area contributed by atoms with Crippen LogP contribution in [0.15, 0.2) is 82.0 Å². The van der Waals surface area contributed by atoms with E-state index in [4.69, 9.17) is 11.6 Å². The summed E-state index contributed by atoms with van der Waals surface area (Å²) >= 11 is 6.97. The Hall–Kier alpha value is -2.59. The van der Waals surface area contributed by atoms with Gasteiger partial charge in [-0.1, -0.05) is 48.0 Å². The van der Waals surface area contributed by atoms with Gasteiger partial charge in [0.05, 0.1) is 21.2 Å². The van der Waals surface area contributed by atoms with Gasteiger partial charge in [-0.05, 0) is 47.5 Å². The average Bonchev–Trinajstić information content (AvgIpc) is 3.20. The van der Waals surface area contributed by atoms with Gasteiger partial charge in [-0.25, -0.2) is 26.2 Å². The first-order chi connectivity index (χ1) is 15.5. The molecule has 0 aliphatic rings. The number of thiazole rings is 1. The number of sulfone groups is 2. The van der Waals surface area contributed by atoms with Crippen LogP contribution in [0.4, 0.5) is 4.39 Å². The molecule has 0 saturated carbocycles. The fraction of sp³-hybridized carbons (Fsp3) is 0.0870. The van der Waals surface area contributed by atoms with E-state index in [9.17, 15) is 21.2 Å². The van der Waals surface area contributed by atoms with E-state index >= 15 is 0 Å². The highest BCUT2D eigenvalue weighted by atomic mass is 35.5. The molecule has 1 heterocycles. The predicted octanol–water partition coefficient (Wildman–Crippen LogP) is 5.65.